The Balaban J connectivity index is 1.83. The minimum Gasteiger partial charge on any atom is -0.369 e. The molecule has 0 unspecified atom stereocenters. The van der Waals surface area contributed by atoms with Gasteiger partial charge in [-0.05, 0) is 35.9 Å². The lowest BCUT2D eigenvalue weighted by atomic mass is 10.2. The average Bonchev–Trinajstić information content (AvgIpc) is 2.91. The Morgan fingerprint density at radius 1 is 0.962 bits per heavy atom. The number of aryl methyl sites for hydroxylation is 2. The standard InChI is InChI=1S/C21H24Cl2N3/c1-24-19-5-3-4-6-20(19)25(2)21(24)12-9-17-7-10-18(11-8-17)26(15-13-22)16-14-23/h3-12H,13-16H2,1-2H3/q+1. The van der Waals surface area contributed by atoms with E-state index < -0.39 is 0 Å². The van der Waals surface area contributed by atoms with E-state index in [-0.39, 0.29) is 0 Å². The van der Waals surface area contributed by atoms with E-state index in [4.69, 9.17) is 23.2 Å². The highest BCUT2D eigenvalue weighted by atomic mass is 35.5. The number of alkyl halides is 2. The van der Waals surface area contributed by atoms with Crippen molar-refractivity contribution < 1.29 is 4.57 Å². The molecule has 0 saturated carbocycles. The van der Waals surface area contributed by atoms with Crippen molar-refractivity contribution in [2.45, 2.75) is 0 Å². The fourth-order valence-electron chi connectivity index (χ4n) is 3.27. The Morgan fingerprint density at radius 3 is 2.23 bits per heavy atom. The second-order valence-corrected chi connectivity index (χ2v) is 7.01. The normalized spacial score (nSPS) is 11.5. The first-order chi connectivity index (χ1) is 12.7. The van der Waals surface area contributed by atoms with E-state index >= 15 is 0 Å². The number of para-hydroxylation sites is 2. The van der Waals surface area contributed by atoms with Gasteiger partial charge in [-0.3, -0.25) is 0 Å². The van der Waals surface area contributed by atoms with E-state index in [2.05, 4.69) is 88.8 Å². The van der Waals surface area contributed by atoms with Crippen LogP contribution in [0.25, 0.3) is 23.2 Å². The number of anilines is 1. The third-order valence-electron chi connectivity index (χ3n) is 4.68. The zero-order valence-corrected chi connectivity index (χ0v) is 16.7. The third-order valence-corrected chi connectivity index (χ3v) is 5.02. The van der Waals surface area contributed by atoms with Crippen molar-refractivity contribution in [2.24, 2.45) is 14.1 Å². The molecule has 0 amide bonds. The van der Waals surface area contributed by atoms with Crippen LogP contribution in [0.1, 0.15) is 11.4 Å². The molecular weight excluding hydrogens is 365 g/mol. The van der Waals surface area contributed by atoms with Gasteiger partial charge in [0.25, 0.3) is 5.82 Å². The van der Waals surface area contributed by atoms with Crippen LogP contribution in [-0.4, -0.2) is 29.4 Å². The molecule has 3 nitrogen and oxygen atoms in total. The second-order valence-electron chi connectivity index (χ2n) is 6.25. The second kappa shape index (κ2) is 8.61. The quantitative estimate of drug-likeness (QED) is 0.429. The molecule has 0 N–H and O–H groups in total. The number of rotatable bonds is 7. The van der Waals surface area contributed by atoms with Crippen LogP contribution in [0.5, 0.6) is 0 Å². The topological polar surface area (TPSA) is 12.1 Å². The molecule has 0 radical (unpaired) electrons. The Hall–Kier alpha value is -1.97. The van der Waals surface area contributed by atoms with Crippen LogP contribution in [0.3, 0.4) is 0 Å². The van der Waals surface area contributed by atoms with Crippen molar-refractivity contribution in [3.05, 3.63) is 59.9 Å². The smallest absolute Gasteiger partial charge is 0.281 e. The molecule has 3 rings (SSSR count). The summed E-state index contributed by atoms with van der Waals surface area (Å²) < 4.78 is 4.42. The van der Waals surface area contributed by atoms with Crippen molar-refractivity contribution >= 4 is 52.1 Å². The van der Waals surface area contributed by atoms with Gasteiger partial charge in [-0.1, -0.05) is 24.3 Å². The van der Waals surface area contributed by atoms with Gasteiger partial charge in [-0.15, -0.1) is 23.2 Å². The third kappa shape index (κ3) is 3.89. The van der Waals surface area contributed by atoms with E-state index in [1.165, 1.54) is 11.0 Å². The molecule has 136 valence electrons. The Labute approximate surface area is 165 Å². The highest BCUT2D eigenvalue weighted by Crippen LogP contribution is 2.18. The number of aromatic nitrogens is 2. The molecule has 3 aromatic rings. The maximum absolute atomic E-state index is 5.89. The lowest BCUT2D eigenvalue weighted by molar-refractivity contribution is -0.647. The van der Waals surface area contributed by atoms with Crippen molar-refractivity contribution in [2.75, 3.05) is 29.7 Å². The number of hydrogen-bond donors (Lipinski definition) is 0. The Kier molecular flexibility index (Phi) is 6.23. The number of nitrogens with zero attached hydrogens (tertiary/aromatic N) is 3. The maximum Gasteiger partial charge on any atom is 0.281 e. The van der Waals surface area contributed by atoms with Crippen LogP contribution >= 0.6 is 23.2 Å². The first-order valence-corrected chi connectivity index (χ1v) is 9.81. The van der Waals surface area contributed by atoms with Gasteiger partial charge in [0.05, 0.1) is 14.1 Å². The number of benzene rings is 2. The molecule has 2 aromatic carbocycles. The molecular formula is C21H24Cl2N3+. The summed E-state index contributed by atoms with van der Waals surface area (Å²) >= 11 is 11.8. The molecule has 26 heavy (non-hydrogen) atoms. The number of fused-ring (bicyclic) bond motifs is 1. The van der Waals surface area contributed by atoms with Crippen LogP contribution in [0.15, 0.2) is 48.5 Å². The summed E-state index contributed by atoms with van der Waals surface area (Å²) in [6.45, 7) is 1.60. The van der Waals surface area contributed by atoms with Crippen molar-refractivity contribution in [3.8, 4) is 0 Å². The molecule has 5 heteroatoms. The van der Waals surface area contributed by atoms with Crippen LogP contribution in [-0.2, 0) is 14.1 Å². The number of imidazole rings is 1. The van der Waals surface area contributed by atoms with Crippen LogP contribution in [0.4, 0.5) is 5.69 Å². The number of hydrogen-bond acceptors (Lipinski definition) is 1. The van der Waals surface area contributed by atoms with E-state index in [1.54, 1.807) is 0 Å². The van der Waals surface area contributed by atoms with Gasteiger partial charge in [0.1, 0.15) is 0 Å². The summed E-state index contributed by atoms with van der Waals surface area (Å²) in [7, 11) is 4.20. The fourth-order valence-corrected chi connectivity index (χ4v) is 3.68. The molecule has 1 aromatic heterocycles. The minimum absolute atomic E-state index is 0.593. The maximum atomic E-state index is 5.89. The molecule has 0 aliphatic carbocycles. The lowest BCUT2D eigenvalue weighted by Gasteiger charge is -2.22. The lowest BCUT2D eigenvalue weighted by Crippen LogP contribution is -2.30. The first-order valence-electron chi connectivity index (χ1n) is 8.74. The Bertz CT molecular complexity index is 853. The molecule has 0 fully saturated rings. The minimum atomic E-state index is 0.593. The highest BCUT2D eigenvalue weighted by Gasteiger charge is 2.16. The fraction of sp³-hybridized carbons (Fsp3) is 0.286. The van der Waals surface area contributed by atoms with Gasteiger partial charge in [0.15, 0.2) is 11.0 Å². The molecule has 0 atom stereocenters. The predicted octanol–water partition coefficient (Wildman–Crippen LogP) is 4.46. The average molecular weight is 389 g/mol. The first kappa shape index (κ1) is 18.8. The van der Waals surface area contributed by atoms with Crippen LogP contribution < -0.4 is 9.47 Å². The van der Waals surface area contributed by atoms with Gasteiger partial charge < -0.3 is 4.90 Å². The molecule has 0 spiro atoms. The van der Waals surface area contributed by atoms with Gasteiger partial charge >= 0.3 is 0 Å². The van der Waals surface area contributed by atoms with Gasteiger partial charge in [0, 0.05) is 36.6 Å². The zero-order chi connectivity index (χ0) is 18.5. The monoisotopic (exact) mass is 388 g/mol. The number of halogens is 2. The summed E-state index contributed by atoms with van der Waals surface area (Å²) in [6, 6.07) is 16.9. The zero-order valence-electron chi connectivity index (χ0n) is 15.2. The van der Waals surface area contributed by atoms with E-state index in [0.717, 1.165) is 30.2 Å². The summed E-state index contributed by atoms with van der Waals surface area (Å²) in [5.74, 6) is 2.34. The Morgan fingerprint density at radius 2 is 1.62 bits per heavy atom. The van der Waals surface area contributed by atoms with Gasteiger partial charge in [-0.2, -0.15) is 0 Å². The molecule has 0 aliphatic rings. The molecule has 1 heterocycles. The van der Waals surface area contributed by atoms with Crippen LogP contribution in [0, 0.1) is 0 Å². The van der Waals surface area contributed by atoms with E-state index in [0.29, 0.717) is 11.8 Å². The molecule has 0 saturated heterocycles. The highest BCUT2D eigenvalue weighted by molar-refractivity contribution is 6.18. The summed E-state index contributed by atoms with van der Waals surface area (Å²) in [5.41, 5.74) is 4.76. The summed E-state index contributed by atoms with van der Waals surface area (Å²) in [4.78, 5) is 2.21. The van der Waals surface area contributed by atoms with Gasteiger partial charge in [-0.25, -0.2) is 9.13 Å². The largest absolute Gasteiger partial charge is 0.369 e. The van der Waals surface area contributed by atoms with E-state index in [9.17, 15) is 0 Å². The van der Waals surface area contributed by atoms with Gasteiger partial charge in [0.2, 0.25) is 0 Å². The van der Waals surface area contributed by atoms with Crippen molar-refractivity contribution in [3.63, 3.8) is 0 Å². The van der Waals surface area contributed by atoms with Crippen molar-refractivity contribution in [1.29, 1.82) is 0 Å². The molecule has 0 bridgehead atoms. The van der Waals surface area contributed by atoms with Crippen LogP contribution in [0.2, 0.25) is 0 Å². The van der Waals surface area contributed by atoms with Crippen molar-refractivity contribution in [1.82, 2.24) is 4.57 Å². The van der Waals surface area contributed by atoms with E-state index in [1.807, 2.05) is 0 Å². The summed E-state index contributed by atoms with van der Waals surface area (Å²) in [5, 5.41) is 0. The predicted molar refractivity (Wildman–Crippen MR) is 113 cm³/mol. The summed E-state index contributed by atoms with van der Waals surface area (Å²) in [6.07, 6.45) is 4.30. The molecule has 0 aliphatic heterocycles. The SMILES string of the molecule is Cn1c(C=Cc2ccc(N(CCCl)CCCl)cc2)[n+](C)c2ccccc21.